The van der Waals surface area contributed by atoms with Crippen molar-refractivity contribution in [3.63, 3.8) is 0 Å². The second-order valence-electron chi connectivity index (χ2n) is 4.65. The monoisotopic (exact) mass is 304 g/mol. The third kappa shape index (κ3) is 3.28. The van der Waals surface area contributed by atoms with E-state index >= 15 is 0 Å². The van der Waals surface area contributed by atoms with Crippen LogP contribution in [0.2, 0.25) is 0 Å². The van der Waals surface area contributed by atoms with Gasteiger partial charge in [-0.05, 0) is 23.6 Å². The number of ether oxygens (including phenoxy) is 2. The fourth-order valence-corrected chi connectivity index (χ4v) is 2.88. The molecular formula is C15H16N2O3S. The third-order valence-electron chi connectivity index (χ3n) is 3.05. The predicted octanol–water partition coefficient (Wildman–Crippen LogP) is 3.09. The normalized spacial score (nSPS) is 12.8. The number of amides is 1. The van der Waals surface area contributed by atoms with Crippen LogP contribution in [0.1, 0.15) is 11.8 Å². The topological polar surface area (TPSA) is 59.6 Å². The highest BCUT2D eigenvalue weighted by Crippen LogP contribution is 2.33. The Balaban J connectivity index is 1.68. The minimum Gasteiger partial charge on any atom is -0.486 e. The van der Waals surface area contributed by atoms with E-state index in [4.69, 9.17) is 9.47 Å². The molecule has 21 heavy (non-hydrogen) atoms. The smallest absolute Gasteiger partial charge is 0.221 e. The van der Waals surface area contributed by atoms with Gasteiger partial charge in [0.2, 0.25) is 5.91 Å². The average Bonchev–Trinajstić information content (AvgIpc) is 2.91. The van der Waals surface area contributed by atoms with Crippen LogP contribution in [0.3, 0.4) is 0 Å². The third-order valence-corrected chi connectivity index (χ3v) is 3.97. The maximum Gasteiger partial charge on any atom is 0.221 e. The molecule has 0 bridgehead atoms. The van der Waals surface area contributed by atoms with Gasteiger partial charge in [-0.1, -0.05) is 0 Å². The summed E-state index contributed by atoms with van der Waals surface area (Å²) in [6, 6.07) is 7.70. The van der Waals surface area contributed by atoms with Crippen molar-refractivity contribution in [2.24, 2.45) is 0 Å². The summed E-state index contributed by atoms with van der Waals surface area (Å²) in [6.45, 7) is 3.33. The summed E-state index contributed by atoms with van der Waals surface area (Å²) in [6.07, 6.45) is 0. The molecule has 1 aliphatic rings. The van der Waals surface area contributed by atoms with Crippen LogP contribution >= 0.6 is 11.3 Å². The van der Waals surface area contributed by atoms with Gasteiger partial charge in [0.1, 0.15) is 13.2 Å². The second kappa shape index (κ2) is 6.05. The van der Waals surface area contributed by atoms with Crippen LogP contribution in [-0.4, -0.2) is 19.1 Å². The Morgan fingerprint density at radius 1 is 1.24 bits per heavy atom. The van der Waals surface area contributed by atoms with Crippen LogP contribution in [0.15, 0.2) is 29.6 Å². The van der Waals surface area contributed by atoms with Crippen molar-refractivity contribution in [3.05, 3.63) is 34.5 Å². The predicted molar refractivity (Wildman–Crippen MR) is 83.4 cm³/mol. The molecule has 0 fully saturated rings. The summed E-state index contributed by atoms with van der Waals surface area (Å²) < 4.78 is 11.1. The summed E-state index contributed by atoms with van der Waals surface area (Å²) in [5.41, 5.74) is 1.82. The molecule has 6 heteroatoms. The lowest BCUT2D eigenvalue weighted by molar-refractivity contribution is -0.114. The minimum atomic E-state index is -0.0611. The highest BCUT2D eigenvalue weighted by Gasteiger charge is 2.12. The van der Waals surface area contributed by atoms with Crippen LogP contribution in [-0.2, 0) is 11.3 Å². The fourth-order valence-electron chi connectivity index (χ4n) is 2.11. The number of nitrogens with one attached hydrogen (secondary N) is 2. The number of carbonyl (C=O) groups is 1. The molecule has 110 valence electrons. The largest absolute Gasteiger partial charge is 0.486 e. The highest BCUT2D eigenvalue weighted by atomic mass is 32.1. The van der Waals surface area contributed by atoms with E-state index in [2.05, 4.69) is 10.6 Å². The van der Waals surface area contributed by atoms with Crippen molar-refractivity contribution in [2.75, 3.05) is 23.8 Å². The summed E-state index contributed by atoms with van der Waals surface area (Å²) in [5.74, 6) is 1.48. The summed E-state index contributed by atoms with van der Waals surface area (Å²) in [7, 11) is 0. The Labute approximate surface area is 126 Å². The van der Waals surface area contributed by atoms with Gasteiger partial charge in [-0.2, -0.15) is 0 Å². The Morgan fingerprint density at radius 3 is 2.86 bits per heavy atom. The first kappa shape index (κ1) is 13.8. The van der Waals surface area contributed by atoms with Crippen LogP contribution in [0.5, 0.6) is 11.5 Å². The highest BCUT2D eigenvalue weighted by molar-refractivity contribution is 7.10. The molecule has 1 aliphatic heterocycles. The van der Waals surface area contributed by atoms with Crippen LogP contribution in [0, 0.1) is 0 Å². The maximum atomic E-state index is 11.1. The van der Waals surface area contributed by atoms with Crippen molar-refractivity contribution in [2.45, 2.75) is 13.5 Å². The van der Waals surface area contributed by atoms with Gasteiger partial charge in [-0.15, -0.1) is 11.3 Å². The summed E-state index contributed by atoms with van der Waals surface area (Å²) in [5, 5.41) is 8.13. The Kier molecular flexibility index (Phi) is 3.96. The SMILES string of the molecule is CC(=O)Nc1ccsc1CNc1ccc2c(c1)OCCO2. The molecule has 0 radical (unpaired) electrons. The van der Waals surface area contributed by atoms with E-state index in [0.29, 0.717) is 19.8 Å². The van der Waals surface area contributed by atoms with Gasteiger partial charge >= 0.3 is 0 Å². The zero-order valence-corrected chi connectivity index (χ0v) is 12.5. The molecule has 1 amide bonds. The Morgan fingerprint density at radius 2 is 2.05 bits per heavy atom. The molecular weight excluding hydrogens is 288 g/mol. The Hall–Kier alpha value is -2.21. The maximum absolute atomic E-state index is 11.1. The first-order chi connectivity index (χ1) is 10.2. The number of hydrogen-bond donors (Lipinski definition) is 2. The van der Waals surface area contributed by atoms with Gasteiger partial charge < -0.3 is 20.1 Å². The molecule has 0 unspecified atom stereocenters. The van der Waals surface area contributed by atoms with E-state index in [0.717, 1.165) is 27.8 Å². The van der Waals surface area contributed by atoms with Crippen molar-refractivity contribution < 1.29 is 14.3 Å². The van der Waals surface area contributed by atoms with Crippen LogP contribution < -0.4 is 20.1 Å². The van der Waals surface area contributed by atoms with Crippen LogP contribution in [0.4, 0.5) is 11.4 Å². The van der Waals surface area contributed by atoms with Gasteiger partial charge in [0.15, 0.2) is 11.5 Å². The number of fused-ring (bicyclic) bond motifs is 1. The van der Waals surface area contributed by atoms with Crippen LogP contribution in [0.25, 0.3) is 0 Å². The zero-order valence-electron chi connectivity index (χ0n) is 11.6. The lowest BCUT2D eigenvalue weighted by Gasteiger charge is -2.19. The average molecular weight is 304 g/mol. The molecule has 0 aliphatic carbocycles. The number of carbonyl (C=O) groups excluding carboxylic acids is 1. The molecule has 2 aromatic rings. The lowest BCUT2D eigenvalue weighted by atomic mass is 10.2. The molecule has 5 nitrogen and oxygen atoms in total. The number of thiophene rings is 1. The van der Waals surface area contributed by atoms with E-state index in [1.807, 2.05) is 29.6 Å². The van der Waals surface area contributed by atoms with E-state index in [1.165, 1.54) is 6.92 Å². The van der Waals surface area contributed by atoms with E-state index in [-0.39, 0.29) is 5.91 Å². The molecule has 1 aromatic carbocycles. The van der Waals surface area contributed by atoms with Gasteiger partial charge in [0.25, 0.3) is 0 Å². The quantitative estimate of drug-likeness (QED) is 0.911. The fraction of sp³-hybridized carbons (Fsp3) is 0.267. The summed E-state index contributed by atoms with van der Waals surface area (Å²) >= 11 is 1.61. The number of hydrogen-bond acceptors (Lipinski definition) is 5. The first-order valence-electron chi connectivity index (χ1n) is 6.70. The molecule has 0 atom stereocenters. The van der Waals surface area contributed by atoms with E-state index in [1.54, 1.807) is 11.3 Å². The molecule has 0 saturated heterocycles. The molecule has 3 rings (SSSR count). The number of anilines is 2. The minimum absolute atomic E-state index is 0.0611. The van der Waals surface area contributed by atoms with Crippen molar-refractivity contribution >= 4 is 28.6 Å². The molecule has 2 heterocycles. The van der Waals surface area contributed by atoms with Gasteiger partial charge in [-0.3, -0.25) is 4.79 Å². The molecule has 2 N–H and O–H groups in total. The van der Waals surface area contributed by atoms with Crippen molar-refractivity contribution in [1.82, 2.24) is 0 Å². The summed E-state index contributed by atoms with van der Waals surface area (Å²) in [4.78, 5) is 12.2. The molecule has 1 aromatic heterocycles. The van der Waals surface area contributed by atoms with Gasteiger partial charge in [0, 0.05) is 23.6 Å². The van der Waals surface area contributed by atoms with Gasteiger partial charge in [0.05, 0.1) is 12.2 Å². The van der Waals surface area contributed by atoms with E-state index < -0.39 is 0 Å². The first-order valence-corrected chi connectivity index (χ1v) is 7.58. The standard InChI is InChI=1S/C15H16N2O3S/c1-10(18)17-12-4-7-21-15(12)9-16-11-2-3-13-14(8-11)20-6-5-19-13/h2-4,7-8,16H,5-6,9H2,1H3,(H,17,18). The Bertz CT molecular complexity index is 654. The van der Waals surface area contributed by atoms with Gasteiger partial charge in [-0.25, -0.2) is 0 Å². The number of benzene rings is 1. The molecule has 0 spiro atoms. The van der Waals surface area contributed by atoms with Crippen molar-refractivity contribution in [3.8, 4) is 11.5 Å². The lowest BCUT2D eigenvalue weighted by Crippen LogP contribution is -2.15. The number of rotatable bonds is 4. The van der Waals surface area contributed by atoms with E-state index in [9.17, 15) is 4.79 Å². The second-order valence-corrected chi connectivity index (χ2v) is 5.65. The van der Waals surface area contributed by atoms with Crippen molar-refractivity contribution in [1.29, 1.82) is 0 Å². The molecule has 0 saturated carbocycles. The zero-order chi connectivity index (χ0) is 14.7.